The van der Waals surface area contributed by atoms with Crippen LogP contribution in [0, 0.1) is 22.5 Å². The van der Waals surface area contributed by atoms with Crippen molar-refractivity contribution < 1.29 is 47.6 Å². The Balaban J connectivity index is 0.000000240. The molecule has 1 amide bonds. The number of nitrogens with one attached hydrogen (secondary N) is 3. The summed E-state index contributed by atoms with van der Waals surface area (Å²) >= 11 is 0. The van der Waals surface area contributed by atoms with Crippen LogP contribution in [0.3, 0.4) is 0 Å². The Bertz CT molecular complexity index is 2660. The zero-order valence-corrected chi connectivity index (χ0v) is 34.4. The Labute approximate surface area is 345 Å². The zero-order valence-electron chi connectivity index (χ0n) is 34.4. The van der Waals surface area contributed by atoms with E-state index in [9.17, 15) is 23.2 Å². The van der Waals surface area contributed by atoms with Crippen LogP contribution in [0.15, 0.2) is 88.0 Å². The lowest BCUT2D eigenvalue weighted by Crippen LogP contribution is -2.37. The molecule has 16 heteroatoms. The van der Waals surface area contributed by atoms with E-state index in [1.54, 1.807) is 24.5 Å². The van der Waals surface area contributed by atoms with E-state index in [-0.39, 0.29) is 54.0 Å². The van der Waals surface area contributed by atoms with Crippen molar-refractivity contribution in [2.24, 2.45) is 16.6 Å². The van der Waals surface area contributed by atoms with Crippen molar-refractivity contribution in [2.45, 2.75) is 60.2 Å². The topological polar surface area (TPSA) is 201 Å². The number of esters is 2. The molecule has 0 fully saturated rings. The van der Waals surface area contributed by atoms with Gasteiger partial charge in [-0.15, -0.1) is 0 Å². The quantitative estimate of drug-likeness (QED) is 0.0797. The maximum Gasteiger partial charge on any atom is 0.408 e. The number of carbonyl (C=O) groups excluding carboxylic acids is 3. The minimum atomic E-state index is -0.745. The molecule has 0 bridgehead atoms. The predicted octanol–water partition coefficient (Wildman–Crippen LogP) is 9.80. The highest BCUT2D eigenvalue weighted by Gasteiger charge is 2.36. The second-order valence-electron chi connectivity index (χ2n) is 16.1. The Morgan fingerprint density at radius 2 is 1.23 bits per heavy atom. The van der Waals surface area contributed by atoms with E-state index >= 15 is 0 Å². The molecule has 7 rings (SSSR count). The molecule has 4 heterocycles. The SMILES string of the molecule is COC(=O)c1nc([C@@H](N)C(C)(C)C)oc1-c1c[nH]c2ccc(F)cc12.COC(=O)c1nc([C@@H](NC(=O)OCc2ccccc2)C(C)(C)C)oc1-c1c[nH]c2ccc(F)cc12.[HH]. The van der Waals surface area contributed by atoms with Gasteiger partial charge in [0.2, 0.25) is 11.8 Å². The summed E-state index contributed by atoms with van der Waals surface area (Å²) in [5.74, 6) is -1.55. The molecule has 0 unspecified atom stereocenters. The van der Waals surface area contributed by atoms with E-state index in [1.165, 1.54) is 38.5 Å². The number of ether oxygens (including phenoxy) is 3. The summed E-state index contributed by atoms with van der Waals surface area (Å²) in [7, 11) is 2.49. The molecule has 4 aromatic heterocycles. The number of rotatable bonds is 9. The molecule has 0 aliphatic rings. The number of methoxy groups -OCH3 is 2. The Hall–Kier alpha value is -6.81. The second kappa shape index (κ2) is 17.2. The molecular weight excluding hydrogens is 779 g/mol. The van der Waals surface area contributed by atoms with Crippen molar-refractivity contribution in [3.8, 4) is 22.6 Å². The molecule has 0 saturated heterocycles. The van der Waals surface area contributed by atoms with Gasteiger partial charge in [-0.2, -0.15) is 0 Å². The lowest BCUT2D eigenvalue weighted by Gasteiger charge is -2.28. The van der Waals surface area contributed by atoms with Crippen molar-refractivity contribution in [1.29, 1.82) is 0 Å². The smallest absolute Gasteiger partial charge is 0.408 e. The number of hydrogen-bond donors (Lipinski definition) is 4. The van der Waals surface area contributed by atoms with Crippen LogP contribution in [0.2, 0.25) is 0 Å². The summed E-state index contributed by atoms with van der Waals surface area (Å²) in [5.41, 5.74) is 8.44. The van der Waals surface area contributed by atoms with Crippen molar-refractivity contribution >= 4 is 39.8 Å². The predicted molar refractivity (Wildman–Crippen MR) is 221 cm³/mol. The number of nitrogens with two attached hydrogens (primary N) is 1. The Morgan fingerprint density at radius 3 is 1.70 bits per heavy atom. The minimum absolute atomic E-state index is 0. The van der Waals surface area contributed by atoms with Gasteiger partial charge in [0, 0.05) is 46.8 Å². The fourth-order valence-electron chi connectivity index (χ4n) is 6.23. The summed E-state index contributed by atoms with van der Waals surface area (Å²) in [6.07, 6.45) is 2.58. The van der Waals surface area contributed by atoms with Crippen molar-refractivity contribution in [2.75, 3.05) is 14.2 Å². The van der Waals surface area contributed by atoms with Crippen molar-refractivity contribution in [3.05, 3.63) is 119 Å². The average molecular weight is 827 g/mol. The number of alkyl carbamates (subject to hydrolysis) is 1. The number of oxazole rings is 2. The number of amides is 1. The summed E-state index contributed by atoms with van der Waals surface area (Å²) in [6.45, 7) is 11.6. The van der Waals surface area contributed by atoms with E-state index in [2.05, 4.69) is 25.3 Å². The maximum absolute atomic E-state index is 14.0. The highest BCUT2D eigenvalue weighted by atomic mass is 19.1. The molecule has 0 saturated carbocycles. The number of aromatic amines is 2. The first-order valence-corrected chi connectivity index (χ1v) is 18.8. The van der Waals surface area contributed by atoms with E-state index in [0.717, 1.165) is 5.56 Å². The zero-order chi connectivity index (χ0) is 43.5. The standard InChI is InChI=1S/C26H26FN3O5.C18H20FN3O3.H2/c1-26(2,3)22(30-25(32)34-14-15-8-6-5-7-9-15)23-29-20(24(31)33-4)21(35-23)18-13-28-19-11-10-16(27)12-17(18)19;1-18(2,3)15(20)16-22-13(17(23)24-4)14(25-16)11-8-21-12-6-5-9(19)7-10(11)12;/h5-13,22,28H,14H2,1-4H3,(H,30,32);5-8,15,21H,20H2,1-4H3;1H/t22-;15-;/m11./s1. The van der Waals surface area contributed by atoms with Gasteiger partial charge >= 0.3 is 18.0 Å². The van der Waals surface area contributed by atoms with E-state index in [4.69, 9.17) is 28.8 Å². The van der Waals surface area contributed by atoms with Crippen LogP contribution in [-0.2, 0) is 20.8 Å². The lowest BCUT2D eigenvalue weighted by atomic mass is 9.87. The van der Waals surface area contributed by atoms with E-state index < -0.39 is 41.3 Å². The third kappa shape index (κ3) is 9.23. The van der Waals surface area contributed by atoms with Crippen LogP contribution < -0.4 is 11.1 Å². The molecule has 0 aliphatic carbocycles. The minimum Gasteiger partial charge on any atom is -0.464 e. The van der Waals surface area contributed by atoms with Gasteiger partial charge in [0.05, 0.1) is 20.3 Å². The summed E-state index contributed by atoms with van der Waals surface area (Å²) < 4.78 is 54.6. The van der Waals surface area contributed by atoms with Gasteiger partial charge in [-0.3, -0.25) is 0 Å². The summed E-state index contributed by atoms with van der Waals surface area (Å²) in [6, 6.07) is 16.6. The Morgan fingerprint density at radius 1 is 0.750 bits per heavy atom. The van der Waals surface area contributed by atoms with E-state index in [1.807, 2.05) is 71.9 Å². The fraction of sp³-hybridized carbons (Fsp3) is 0.295. The van der Waals surface area contributed by atoms with Gasteiger partial charge in [0.15, 0.2) is 22.9 Å². The second-order valence-corrected chi connectivity index (χ2v) is 16.1. The molecule has 14 nitrogen and oxygen atoms in total. The number of fused-ring (bicyclic) bond motifs is 2. The van der Waals surface area contributed by atoms with Crippen LogP contribution in [0.4, 0.5) is 13.6 Å². The van der Waals surface area contributed by atoms with Crippen LogP contribution in [0.1, 0.15) is 93.4 Å². The first-order valence-electron chi connectivity index (χ1n) is 18.8. The highest BCUT2D eigenvalue weighted by molar-refractivity contribution is 6.02. The van der Waals surface area contributed by atoms with Crippen molar-refractivity contribution in [3.63, 3.8) is 0 Å². The number of halogens is 2. The molecule has 0 radical (unpaired) electrons. The normalized spacial score (nSPS) is 12.7. The number of benzene rings is 3. The van der Waals surface area contributed by atoms with E-state index in [0.29, 0.717) is 32.9 Å². The van der Waals surface area contributed by atoms with Gasteiger partial charge < -0.3 is 44.1 Å². The van der Waals surface area contributed by atoms with Gasteiger partial charge in [0.25, 0.3) is 0 Å². The lowest BCUT2D eigenvalue weighted by molar-refractivity contribution is 0.0586. The van der Waals surface area contributed by atoms with Gasteiger partial charge in [-0.1, -0.05) is 71.9 Å². The third-order valence-corrected chi connectivity index (χ3v) is 9.61. The number of nitrogens with zero attached hydrogens (tertiary/aromatic N) is 2. The van der Waals surface area contributed by atoms with Gasteiger partial charge in [0.1, 0.15) is 24.3 Å². The molecule has 3 aromatic carbocycles. The van der Waals surface area contributed by atoms with Gasteiger partial charge in [-0.25, -0.2) is 33.1 Å². The number of hydrogen-bond acceptors (Lipinski definition) is 11. The third-order valence-electron chi connectivity index (χ3n) is 9.61. The molecule has 316 valence electrons. The van der Waals surface area contributed by atoms with Gasteiger partial charge in [-0.05, 0) is 52.8 Å². The summed E-state index contributed by atoms with van der Waals surface area (Å²) in [4.78, 5) is 52.0. The number of H-pyrrole nitrogens is 2. The molecule has 2 atom stereocenters. The van der Waals surface area contributed by atoms with Crippen LogP contribution in [0.5, 0.6) is 0 Å². The van der Waals surface area contributed by atoms with Crippen molar-refractivity contribution in [1.82, 2.24) is 25.3 Å². The van der Waals surface area contributed by atoms with Crippen LogP contribution in [0.25, 0.3) is 44.5 Å². The fourth-order valence-corrected chi connectivity index (χ4v) is 6.23. The maximum atomic E-state index is 14.0. The highest BCUT2D eigenvalue weighted by Crippen LogP contribution is 2.39. The molecule has 0 aliphatic heterocycles. The Kier molecular flexibility index (Phi) is 12.3. The molecule has 5 N–H and O–H groups in total. The largest absolute Gasteiger partial charge is 0.464 e. The molecule has 7 aromatic rings. The average Bonchev–Trinajstić information content (AvgIpc) is 4.02. The van der Waals surface area contributed by atoms with Crippen LogP contribution >= 0.6 is 0 Å². The molecule has 0 spiro atoms. The number of aromatic nitrogens is 4. The monoisotopic (exact) mass is 826 g/mol. The first-order chi connectivity index (χ1) is 28.4. The number of carbonyl (C=O) groups is 3. The molecule has 60 heavy (non-hydrogen) atoms. The first kappa shape index (κ1) is 42.8. The molecular formula is C44H48F2N6O8. The summed E-state index contributed by atoms with van der Waals surface area (Å²) in [5, 5.41) is 3.89. The van der Waals surface area contributed by atoms with Crippen LogP contribution in [-0.4, -0.2) is 52.2 Å².